The van der Waals surface area contributed by atoms with Crippen LogP contribution in [0.1, 0.15) is 5.89 Å². The lowest BCUT2D eigenvalue weighted by atomic mass is 10.3. The number of hydrogen-bond donors (Lipinski definition) is 1. The predicted molar refractivity (Wildman–Crippen MR) is 81.0 cm³/mol. The molecule has 0 aliphatic carbocycles. The number of nitrogens with zero attached hydrogens (tertiary/aromatic N) is 2. The van der Waals surface area contributed by atoms with Crippen molar-refractivity contribution in [3.63, 3.8) is 0 Å². The van der Waals surface area contributed by atoms with Gasteiger partial charge in [-0.2, -0.15) is 16.3 Å². The highest BCUT2D eigenvalue weighted by molar-refractivity contribution is 7.08. The van der Waals surface area contributed by atoms with Gasteiger partial charge in [-0.05, 0) is 35.7 Å². The van der Waals surface area contributed by atoms with Gasteiger partial charge in [0.1, 0.15) is 18.1 Å². The summed E-state index contributed by atoms with van der Waals surface area (Å²) in [5.41, 5.74) is 0.936. The van der Waals surface area contributed by atoms with Crippen molar-refractivity contribution in [2.45, 2.75) is 6.61 Å². The molecule has 3 aromatic rings. The minimum absolute atomic E-state index is 0.0120. The van der Waals surface area contributed by atoms with Crippen molar-refractivity contribution in [1.82, 2.24) is 10.1 Å². The number of aliphatic hydroxyl groups excluding tert-OH is 1. The average molecular weight is 318 g/mol. The Morgan fingerprint density at radius 1 is 1.09 bits per heavy atom. The maximum Gasteiger partial charge on any atom is 0.264 e. The van der Waals surface area contributed by atoms with Crippen molar-refractivity contribution in [1.29, 1.82) is 0 Å². The van der Waals surface area contributed by atoms with Crippen LogP contribution in [0.5, 0.6) is 11.5 Å². The van der Waals surface area contributed by atoms with E-state index in [0.29, 0.717) is 23.2 Å². The van der Waals surface area contributed by atoms with Crippen LogP contribution in [-0.4, -0.2) is 28.5 Å². The van der Waals surface area contributed by atoms with Crippen LogP contribution in [0.15, 0.2) is 45.6 Å². The molecule has 1 aromatic carbocycles. The van der Waals surface area contributed by atoms with Crippen LogP contribution in [0.2, 0.25) is 0 Å². The number of rotatable bonds is 7. The van der Waals surface area contributed by atoms with Crippen molar-refractivity contribution < 1.29 is 19.1 Å². The molecule has 0 atom stereocenters. The van der Waals surface area contributed by atoms with Gasteiger partial charge in [0.25, 0.3) is 5.89 Å². The standard InChI is InChI=1S/C15H14N2O4S/c18-6-7-19-12-1-3-13(4-2-12)20-9-14-16-15(17-21-14)11-5-8-22-10-11/h1-5,8,10,18H,6-7,9H2. The van der Waals surface area contributed by atoms with E-state index in [1.165, 1.54) is 0 Å². The molecule has 7 heteroatoms. The second-order valence-corrected chi connectivity index (χ2v) is 5.14. The third-order valence-corrected chi connectivity index (χ3v) is 3.48. The van der Waals surface area contributed by atoms with Gasteiger partial charge in [-0.1, -0.05) is 5.16 Å². The zero-order chi connectivity index (χ0) is 15.2. The minimum atomic E-state index is -0.0120. The summed E-state index contributed by atoms with van der Waals surface area (Å²) >= 11 is 1.58. The molecule has 0 aliphatic rings. The Morgan fingerprint density at radius 2 is 1.86 bits per heavy atom. The summed E-state index contributed by atoms with van der Waals surface area (Å²) in [5, 5.41) is 16.5. The van der Waals surface area contributed by atoms with E-state index in [1.807, 2.05) is 16.8 Å². The summed E-state index contributed by atoms with van der Waals surface area (Å²) in [4.78, 5) is 4.28. The molecular formula is C15H14N2O4S. The Hall–Kier alpha value is -2.38. The lowest BCUT2D eigenvalue weighted by Crippen LogP contribution is -2.01. The first-order valence-electron chi connectivity index (χ1n) is 6.67. The number of aliphatic hydroxyl groups is 1. The summed E-state index contributed by atoms with van der Waals surface area (Å²) in [7, 11) is 0. The van der Waals surface area contributed by atoms with E-state index >= 15 is 0 Å². The third kappa shape index (κ3) is 3.63. The van der Waals surface area contributed by atoms with E-state index in [4.69, 9.17) is 19.1 Å². The molecule has 3 rings (SSSR count). The first-order valence-corrected chi connectivity index (χ1v) is 7.61. The van der Waals surface area contributed by atoms with Gasteiger partial charge in [0.05, 0.1) is 6.61 Å². The fraction of sp³-hybridized carbons (Fsp3) is 0.200. The molecule has 0 radical (unpaired) electrons. The maximum absolute atomic E-state index is 8.69. The number of aromatic nitrogens is 2. The van der Waals surface area contributed by atoms with Gasteiger partial charge in [-0.25, -0.2) is 0 Å². The first kappa shape index (κ1) is 14.6. The largest absolute Gasteiger partial charge is 0.491 e. The predicted octanol–water partition coefficient (Wildman–Crippen LogP) is 2.75. The van der Waals surface area contributed by atoms with Crippen LogP contribution in [0.25, 0.3) is 11.4 Å². The summed E-state index contributed by atoms with van der Waals surface area (Å²) < 4.78 is 16.0. The molecule has 0 bridgehead atoms. The van der Waals surface area contributed by atoms with Crippen LogP contribution in [0.4, 0.5) is 0 Å². The summed E-state index contributed by atoms with van der Waals surface area (Å²) in [6.45, 7) is 0.462. The number of benzene rings is 1. The Balaban J connectivity index is 1.56. The molecule has 1 N–H and O–H groups in total. The number of thiophene rings is 1. The third-order valence-electron chi connectivity index (χ3n) is 2.79. The zero-order valence-electron chi connectivity index (χ0n) is 11.6. The summed E-state index contributed by atoms with van der Waals surface area (Å²) in [6.07, 6.45) is 0. The highest BCUT2D eigenvalue weighted by Crippen LogP contribution is 2.20. The zero-order valence-corrected chi connectivity index (χ0v) is 12.5. The molecular weight excluding hydrogens is 304 g/mol. The van der Waals surface area contributed by atoms with Crippen LogP contribution >= 0.6 is 11.3 Å². The van der Waals surface area contributed by atoms with E-state index in [2.05, 4.69) is 10.1 Å². The summed E-state index contributed by atoms with van der Waals surface area (Å²) in [5.74, 6) is 2.33. The highest BCUT2D eigenvalue weighted by Gasteiger charge is 2.09. The van der Waals surface area contributed by atoms with Crippen molar-refractivity contribution in [3.05, 3.63) is 47.0 Å². The van der Waals surface area contributed by atoms with Gasteiger partial charge in [-0.15, -0.1) is 0 Å². The molecule has 6 nitrogen and oxygen atoms in total. The number of hydrogen-bond acceptors (Lipinski definition) is 7. The van der Waals surface area contributed by atoms with Crippen LogP contribution < -0.4 is 9.47 Å². The second-order valence-electron chi connectivity index (χ2n) is 4.36. The van der Waals surface area contributed by atoms with Crippen molar-refractivity contribution in [3.8, 4) is 22.9 Å². The average Bonchev–Trinajstić information content (AvgIpc) is 3.23. The van der Waals surface area contributed by atoms with Crippen LogP contribution in [0, 0.1) is 0 Å². The van der Waals surface area contributed by atoms with E-state index in [9.17, 15) is 0 Å². The van der Waals surface area contributed by atoms with Crippen LogP contribution in [0.3, 0.4) is 0 Å². The van der Waals surface area contributed by atoms with Gasteiger partial charge >= 0.3 is 0 Å². The Kier molecular flexibility index (Phi) is 4.67. The van der Waals surface area contributed by atoms with Gasteiger partial charge in [0, 0.05) is 10.9 Å². The van der Waals surface area contributed by atoms with Crippen molar-refractivity contribution in [2.75, 3.05) is 13.2 Å². The second kappa shape index (κ2) is 7.06. The van der Waals surface area contributed by atoms with E-state index in [-0.39, 0.29) is 19.8 Å². The van der Waals surface area contributed by atoms with Crippen molar-refractivity contribution >= 4 is 11.3 Å². The van der Waals surface area contributed by atoms with E-state index in [1.54, 1.807) is 35.6 Å². The fourth-order valence-electron chi connectivity index (χ4n) is 1.76. The maximum atomic E-state index is 8.69. The van der Waals surface area contributed by atoms with Gasteiger partial charge in [0.2, 0.25) is 5.82 Å². The Morgan fingerprint density at radius 3 is 2.55 bits per heavy atom. The lowest BCUT2D eigenvalue weighted by Gasteiger charge is -2.06. The molecule has 22 heavy (non-hydrogen) atoms. The molecule has 2 aromatic heterocycles. The summed E-state index contributed by atoms with van der Waals surface area (Å²) in [6, 6.07) is 9.04. The molecule has 0 spiro atoms. The molecule has 2 heterocycles. The van der Waals surface area contributed by atoms with Gasteiger partial charge < -0.3 is 19.1 Å². The molecule has 0 amide bonds. The smallest absolute Gasteiger partial charge is 0.264 e. The van der Waals surface area contributed by atoms with E-state index in [0.717, 1.165) is 5.56 Å². The highest BCUT2D eigenvalue weighted by atomic mass is 32.1. The molecule has 0 saturated carbocycles. The molecule has 0 aliphatic heterocycles. The monoisotopic (exact) mass is 318 g/mol. The lowest BCUT2D eigenvalue weighted by molar-refractivity contribution is 0.201. The molecule has 0 fully saturated rings. The van der Waals surface area contributed by atoms with Crippen molar-refractivity contribution in [2.24, 2.45) is 0 Å². The Labute approximate surface area is 130 Å². The quantitative estimate of drug-likeness (QED) is 0.722. The Bertz CT molecular complexity index is 695. The van der Waals surface area contributed by atoms with Gasteiger partial charge in [-0.3, -0.25) is 0 Å². The van der Waals surface area contributed by atoms with Gasteiger partial charge in [0.15, 0.2) is 6.61 Å². The SMILES string of the molecule is OCCOc1ccc(OCc2nc(-c3ccsc3)no2)cc1. The normalized spacial score (nSPS) is 10.6. The first-order chi connectivity index (χ1) is 10.8. The molecule has 114 valence electrons. The molecule has 0 unspecified atom stereocenters. The van der Waals surface area contributed by atoms with Crippen LogP contribution in [-0.2, 0) is 6.61 Å². The minimum Gasteiger partial charge on any atom is -0.491 e. The van der Waals surface area contributed by atoms with E-state index < -0.39 is 0 Å². The molecule has 0 saturated heterocycles. The fourth-order valence-corrected chi connectivity index (χ4v) is 2.40. The topological polar surface area (TPSA) is 77.6 Å². The number of ether oxygens (including phenoxy) is 2.